The van der Waals surface area contributed by atoms with Gasteiger partial charge in [0.2, 0.25) is 0 Å². The molecule has 0 bridgehead atoms. The van der Waals surface area contributed by atoms with Crippen molar-refractivity contribution >= 4 is 29.2 Å². The Balaban J connectivity index is 1.56. The Morgan fingerprint density at radius 2 is 1.96 bits per heavy atom. The fraction of sp³-hybridized carbons (Fsp3) is 0.211. The van der Waals surface area contributed by atoms with Crippen LogP contribution < -0.4 is 10.1 Å². The molecule has 0 saturated heterocycles. The van der Waals surface area contributed by atoms with Crippen LogP contribution in [0.15, 0.2) is 53.8 Å². The van der Waals surface area contributed by atoms with E-state index in [0.29, 0.717) is 17.2 Å². The highest BCUT2D eigenvalue weighted by atomic mass is 32.2. The summed E-state index contributed by atoms with van der Waals surface area (Å²) in [6.07, 6.45) is 3.70. The molecular weight excluding hydrogens is 366 g/mol. The Hall–Kier alpha value is -3.00. The maximum Gasteiger partial charge on any atom is 0.359 e. The van der Waals surface area contributed by atoms with E-state index in [9.17, 15) is 9.59 Å². The monoisotopic (exact) mass is 385 g/mol. The quantitative estimate of drug-likeness (QED) is 0.497. The molecule has 0 atom stereocenters. The zero-order valence-corrected chi connectivity index (χ0v) is 15.8. The van der Waals surface area contributed by atoms with E-state index in [0.717, 1.165) is 11.3 Å². The third kappa shape index (κ3) is 4.40. The molecule has 0 aliphatic rings. The van der Waals surface area contributed by atoms with Crippen LogP contribution in [0.25, 0.3) is 5.52 Å². The molecule has 0 aliphatic carbocycles. The first kappa shape index (κ1) is 18.8. The summed E-state index contributed by atoms with van der Waals surface area (Å²) in [5.74, 6) is -0.262. The summed E-state index contributed by atoms with van der Waals surface area (Å²) < 4.78 is 12.0. The Labute approximate surface area is 160 Å². The number of pyridine rings is 1. The molecule has 8 heteroatoms. The van der Waals surface area contributed by atoms with Gasteiger partial charge in [-0.05, 0) is 36.1 Å². The molecule has 3 rings (SSSR count). The van der Waals surface area contributed by atoms with E-state index < -0.39 is 5.97 Å². The van der Waals surface area contributed by atoms with Gasteiger partial charge in [-0.1, -0.05) is 30.0 Å². The number of ether oxygens (including phenoxy) is 2. The topological polar surface area (TPSA) is 81.9 Å². The van der Waals surface area contributed by atoms with Crippen LogP contribution in [0, 0.1) is 0 Å². The predicted molar refractivity (Wildman–Crippen MR) is 102 cm³/mol. The molecule has 0 radical (unpaired) electrons. The number of imidazole rings is 1. The standard InChI is InChI=1S/C19H19N3O4S/c1-25-14-8-6-13(7-9-14)11-20-16(23)12-26-18(24)17-15-5-3-4-10-22(15)19(21-17)27-2/h3-10H,11-12H2,1-2H3,(H,20,23). The summed E-state index contributed by atoms with van der Waals surface area (Å²) in [5.41, 5.74) is 1.76. The molecule has 3 aromatic rings. The molecule has 0 fully saturated rings. The number of nitrogens with one attached hydrogen (secondary N) is 1. The number of benzene rings is 1. The third-order valence-corrected chi connectivity index (χ3v) is 4.53. The smallest absolute Gasteiger partial charge is 0.359 e. The molecule has 1 amide bonds. The highest BCUT2D eigenvalue weighted by molar-refractivity contribution is 7.98. The minimum atomic E-state index is -0.626. The highest BCUT2D eigenvalue weighted by Crippen LogP contribution is 2.20. The van der Waals surface area contributed by atoms with Crippen LogP contribution in [-0.2, 0) is 16.1 Å². The minimum absolute atomic E-state index is 0.197. The Bertz CT molecular complexity index is 953. The van der Waals surface area contributed by atoms with E-state index in [1.165, 1.54) is 11.8 Å². The number of thioether (sulfide) groups is 1. The second kappa shape index (κ2) is 8.59. The SMILES string of the molecule is COc1ccc(CNC(=O)COC(=O)c2nc(SC)n3ccccc23)cc1. The van der Waals surface area contributed by atoms with Crippen molar-refractivity contribution in [1.82, 2.24) is 14.7 Å². The number of esters is 1. The normalized spacial score (nSPS) is 10.6. The predicted octanol–water partition coefficient (Wildman–Crippen LogP) is 2.54. The molecule has 0 aliphatic heterocycles. The zero-order valence-electron chi connectivity index (χ0n) is 15.0. The van der Waals surface area contributed by atoms with E-state index in [1.54, 1.807) is 13.2 Å². The van der Waals surface area contributed by atoms with Crippen molar-refractivity contribution in [2.45, 2.75) is 11.7 Å². The number of amides is 1. The van der Waals surface area contributed by atoms with Gasteiger partial charge in [0.05, 0.1) is 12.6 Å². The number of hydrogen-bond acceptors (Lipinski definition) is 6. The summed E-state index contributed by atoms with van der Waals surface area (Å²) in [6, 6.07) is 12.8. The third-order valence-electron chi connectivity index (χ3n) is 3.88. The second-order valence-corrected chi connectivity index (χ2v) is 6.38. The summed E-state index contributed by atoms with van der Waals surface area (Å²) in [4.78, 5) is 28.6. The van der Waals surface area contributed by atoms with Gasteiger partial charge in [0.1, 0.15) is 5.75 Å². The molecule has 27 heavy (non-hydrogen) atoms. The lowest BCUT2D eigenvalue weighted by Crippen LogP contribution is -2.28. The molecule has 2 heterocycles. The van der Waals surface area contributed by atoms with Crippen LogP contribution in [-0.4, -0.2) is 41.2 Å². The Morgan fingerprint density at radius 3 is 2.67 bits per heavy atom. The molecule has 7 nitrogen and oxygen atoms in total. The fourth-order valence-electron chi connectivity index (χ4n) is 2.50. The van der Waals surface area contributed by atoms with Crippen LogP contribution >= 0.6 is 11.8 Å². The second-order valence-electron chi connectivity index (χ2n) is 5.60. The zero-order chi connectivity index (χ0) is 19.2. The van der Waals surface area contributed by atoms with Gasteiger partial charge in [0, 0.05) is 12.7 Å². The van der Waals surface area contributed by atoms with Crippen LogP contribution in [0.1, 0.15) is 16.1 Å². The van der Waals surface area contributed by atoms with Gasteiger partial charge >= 0.3 is 5.97 Å². The van der Waals surface area contributed by atoms with Crippen LogP contribution in [0.3, 0.4) is 0 Å². The summed E-state index contributed by atoms with van der Waals surface area (Å²) in [7, 11) is 1.59. The van der Waals surface area contributed by atoms with Crippen LogP contribution in [0.5, 0.6) is 5.75 Å². The Kier molecular flexibility index (Phi) is 5.97. The molecule has 2 aromatic heterocycles. The van der Waals surface area contributed by atoms with E-state index in [2.05, 4.69) is 10.3 Å². The van der Waals surface area contributed by atoms with Gasteiger partial charge in [0.15, 0.2) is 17.5 Å². The number of aromatic nitrogens is 2. The summed E-state index contributed by atoms with van der Waals surface area (Å²) in [5, 5.41) is 3.39. The molecule has 0 spiro atoms. The number of rotatable bonds is 7. The number of carbonyl (C=O) groups is 2. The van der Waals surface area contributed by atoms with Gasteiger partial charge in [-0.2, -0.15) is 0 Å². The number of nitrogens with zero attached hydrogens (tertiary/aromatic N) is 2. The number of carbonyl (C=O) groups excluding carboxylic acids is 2. The first-order valence-corrected chi connectivity index (χ1v) is 9.42. The van der Waals surface area contributed by atoms with Crippen LogP contribution in [0.2, 0.25) is 0 Å². The lowest BCUT2D eigenvalue weighted by molar-refractivity contribution is -0.124. The summed E-state index contributed by atoms with van der Waals surface area (Å²) >= 11 is 1.43. The van der Waals surface area contributed by atoms with Crippen LogP contribution in [0.4, 0.5) is 0 Å². The van der Waals surface area contributed by atoms with Gasteiger partial charge in [0.25, 0.3) is 5.91 Å². The average Bonchev–Trinajstić information content (AvgIpc) is 3.10. The van der Waals surface area contributed by atoms with Crippen molar-refractivity contribution in [3.05, 3.63) is 59.9 Å². The van der Waals surface area contributed by atoms with E-state index in [4.69, 9.17) is 9.47 Å². The molecule has 0 saturated carbocycles. The summed E-state index contributed by atoms with van der Waals surface area (Å²) in [6.45, 7) is -0.0279. The van der Waals surface area contributed by atoms with E-state index in [1.807, 2.05) is 53.3 Å². The van der Waals surface area contributed by atoms with Crippen molar-refractivity contribution in [3.63, 3.8) is 0 Å². The van der Waals surface area contributed by atoms with Crippen molar-refractivity contribution in [1.29, 1.82) is 0 Å². The number of methoxy groups -OCH3 is 1. The van der Waals surface area contributed by atoms with Crippen molar-refractivity contribution in [3.8, 4) is 5.75 Å². The lowest BCUT2D eigenvalue weighted by atomic mass is 10.2. The van der Waals surface area contributed by atoms with Gasteiger partial charge in [-0.15, -0.1) is 0 Å². The van der Waals surface area contributed by atoms with Gasteiger partial charge in [-0.25, -0.2) is 9.78 Å². The molecule has 1 aromatic carbocycles. The number of hydrogen-bond donors (Lipinski definition) is 1. The van der Waals surface area contributed by atoms with Crippen molar-refractivity contribution < 1.29 is 19.1 Å². The first-order valence-electron chi connectivity index (χ1n) is 8.20. The first-order chi connectivity index (χ1) is 13.1. The minimum Gasteiger partial charge on any atom is -0.497 e. The largest absolute Gasteiger partial charge is 0.497 e. The maximum absolute atomic E-state index is 12.3. The maximum atomic E-state index is 12.3. The van der Waals surface area contributed by atoms with Gasteiger partial charge < -0.3 is 14.8 Å². The lowest BCUT2D eigenvalue weighted by Gasteiger charge is -2.07. The molecule has 0 unspecified atom stereocenters. The molecule has 140 valence electrons. The van der Waals surface area contributed by atoms with Crippen molar-refractivity contribution in [2.75, 3.05) is 20.0 Å². The van der Waals surface area contributed by atoms with Crippen molar-refractivity contribution in [2.24, 2.45) is 0 Å². The fourth-order valence-corrected chi connectivity index (χ4v) is 3.04. The average molecular weight is 385 g/mol. The van der Waals surface area contributed by atoms with Gasteiger partial charge in [-0.3, -0.25) is 9.20 Å². The Morgan fingerprint density at radius 1 is 1.19 bits per heavy atom. The van der Waals surface area contributed by atoms with E-state index >= 15 is 0 Å². The van der Waals surface area contributed by atoms with E-state index in [-0.39, 0.29) is 18.2 Å². The highest BCUT2D eigenvalue weighted by Gasteiger charge is 2.19. The number of fused-ring (bicyclic) bond motifs is 1. The molecule has 1 N–H and O–H groups in total. The molecular formula is C19H19N3O4S.